The number of sulfonamides is 1. The topological polar surface area (TPSA) is 46.6 Å². The monoisotopic (exact) mass is 419 g/mol. The molecule has 0 amide bonds. The molecule has 0 heterocycles. The fraction of sp³-hybridized carbons (Fsp3) is 0.143. The Labute approximate surface area is 169 Å². The number of benzene rings is 3. The molecular weight excluding hydrogens is 401 g/mol. The molecule has 3 rings (SSSR count). The Morgan fingerprint density at radius 1 is 1.00 bits per heavy atom. The van der Waals surface area contributed by atoms with Crippen LogP contribution in [0.4, 0.5) is 10.1 Å². The largest absolute Gasteiger partial charge is 0.497 e. The van der Waals surface area contributed by atoms with Crippen LogP contribution in [-0.2, 0) is 10.0 Å². The van der Waals surface area contributed by atoms with Crippen molar-refractivity contribution in [1.82, 2.24) is 0 Å². The summed E-state index contributed by atoms with van der Waals surface area (Å²) in [6.07, 6.45) is 0. The molecule has 146 valence electrons. The van der Waals surface area contributed by atoms with E-state index in [1.165, 1.54) is 41.7 Å². The maximum absolute atomic E-state index is 14.4. The normalized spacial score (nSPS) is 12.4. The zero-order valence-corrected chi connectivity index (χ0v) is 16.9. The highest BCUT2D eigenvalue weighted by atomic mass is 35.5. The Morgan fingerprint density at radius 3 is 2.32 bits per heavy atom. The SMILES string of the molecule is COc1cccc(N(C(C)c2ccccc2F)S(=O)(=O)c2ccc(Cl)cc2)c1. The standard InChI is InChI=1S/C21H19ClFNO3S/c1-15(20-8-3-4-9-21(20)23)24(17-6-5-7-18(14-17)27-2)28(25,26)19-12-10-16(22)11-13-19/h3-15H,1-2H3. The summed E-state index contributed by atoms with van der Waals surface area (Å²) in [6, 6.07) is 17.8. The lowest BCUT2D eigenvalue weighted by Gasteiger charge is -2.31. The molecule has 0 fully saturated rings. The lowest BCUT2D eigenvalue weighted by Crippen LogP contribution is -2.34. The number of hydrogen-bond acceptors (Lipinski definition) is 3. The molecular formula is C21H19ClFNO3S. The number of methoxy groups -OCH3 is 1. The second-order valence-electron chi connectivity index (χ2n) is 6.15. The van der Waals surface area contributed by atoms with Crippen LogP contribution in [0.25, 0.3) is 0 Å². The van der Waals surface area contributed by atoms with Crippen molar-refractivity contribution in [2.75, 3.05) is 11.4 Å². The Kier molecular flexibility index (Phi) is 5.91. The summed E-state index contributed by atoms with van der Waals surface area (Å²) in [5.74, 6) is 0.0174. The van der Waals surface area contributed by atoms with E-state index in [1.54, 1.807) is 49.4 Å². The average molecular weight is 420 g/mol. The Hall–Kier alpha value is -2.57. The summed E-state index contributed by atoms with van der Waals surface area (Å²) in [4.78, 5) is 0.0582. The molecule has 0 saturated heterocycles. The number of anilines is 1. The lowest BCUT2D eigenvalue weighted by atomic mass is 10.1. The number of nitrogens with zero attached hydrogens (tertiary/aromatic N) is 1. The first-order valence-corrected chi connectivity index (χ1v) is 10.3. The van der Waals surface area contributed by atoms with E-state index in [4.69, 9.17) is 16.3 Å². The molecule has 1 atom stereocenters. The second kappa shape index (κ2) is 8.20. The van der Waals surface area contributed by atoms with Gasteiger partial charge in [-0.05, 0) is 49.4 Å². The van der Waals surface area contributed by atoms with Crippen LogP contribution in [0.3, 0.4) is 0 Å². The van der Waals surface area contributed by atoms with Crippen molar-refractivity contribution in [3.63, 3.8) is 0 Å². The zero-order valence-electron chi connectivity index (χ0n) is 15.3. The van der Waals surface area contributed by atoms with E-state index >= 15 is 0 Å². The van der Waals surface area contributed by atoms with Crippen LogP contribution in [0.2, 0.25) is 5.02 Å². The molecule has 0 radical (unpaired) electrons. The van der Waals surface area contributed by atoms with Gasteiger partial charge in [0.2, 0.25) is 0 Å². The molecule has 0 spiro atoms. The van der Waals surface area contributed by atoms with Crippen molar-refractivity contribution in [2.45, 2.75) is 17.9 Å². The van der Waals surface area contributed by atoms with Gasteiger partial charge in [0, 0.05) is 16.7 Å². The summed E-state index contributed by atoms with van der Waals surface area (Å²) in [5.41, 5.74) is 0.632. The summed E-state index contributed by atoms with van der Waals surface area (Å²) in [6.45, 7) is 1.64. The minimum atomic E-state index is -4.01. The van der Waals surface area contributed by atoms with Crippen molar-refractivity contribution in [3.8, 4) is 5.75 Å². The van der Waals surface area contributed by atoms with Crippen LogP contribution in [0.15, 0.2) is 77.7 Å². The van der Waals surface area contributed by atoms with Gasteiger partial charge in [-0.15, -0.1) is 0 Å². The van der Waals surface area contributed by atoms with Crippen molar-refractivity contribution >= 4 is 27.3 Å². The van der Waals surface area contributed by atoms with Gasteiger partial charge in [0.15, 0.2) is 0 Å². The molecule has 7 heteroatoms. The van der Waals surface area contributed by atoms with E-state index in [-0.39, 0.29) is 10.5 Å². The van der Waals surface area contributed by atoms with Crippen molar-refractivity contribution in [3.05, 3.63) is 89.2 Å². The van der Waals surface area contributed by atoms with E-state index in [0.717, 1.165) is 0 Å². The van der Waals surface area contributed by atoms with Crippen LogP contribution in [-0.4, -0.2) is 15.5 Å². The van der Waals surface area contributed by atoms with E-state index in [9.17, 15) is 12.8 Å². The minimum Gasteiger partial charge on any atom is -0.497 e. The zero-order chi connectivity index (χ0) is 20.3. The van der Waals surface area contributed by atoms with Crippen LogP contribution >= 0.6 is 11.6 Å². The van der Waals surface area contributed by atoms with Crippen LogP contribution in [0.5, 0.6) is 5.75 Å². The summed E-state index contributed by atoms with van der Waals surface area (Å²) < 4.78 is 47.8. The Morgan fingerprint density at radius 2 is 1.68 bits per heavy atom. The molecule has 0 aliphatic rings. The smallest absolute Gasteiger partial charge is 0.264 e. The van der Waals surface area contributed by atoms with E-state index in [0.29, 0.717) is 16.5 Å². The first kappa shape index (κ1) is 20.2. The molecule has 0 saturated carbocycles. The summed E-state index contributed by atoms with van der Waals surface area (Å²) in [5, 5.41) is 0.425. The third-order valence-electron chi connectivity index (χ3n) is 4.39. The van der Waals surface area contributed by atoms with E-state index < -0.39 is 21.9 Å². The van der Waals surface area contributed by atoms with Gasteiger partial charge in [-0.1, -0.05) is 35.9 Å². The van der Waals surface area contributed by atoms with E-state index in [2.05, 4.69) is 0 Å². The van der Waals surface area contributed by atoms with Gasteiger partial charge in [0.05, 0.1) is 23.7 Å². The van der Waals surface area contributed by atoms with Crippen LogP contribution in [0, 0.1) is 5.82 Å². The summed E-state index contributed by atoms with van der Waals surface area (Å²) >= 11 is 5.90. The molecule has 0 N–H and O–H groups in total. The Balaban J connectivity index is 2.19. The molecule has 0 aliphatic carbocycles. The first-order valence-electron chi connectivity index (χ1n) is 8.53. The Bertz CT molecular complexity index is 1070. The molecule has 3 aromatic carbocycles. The highest BCUT2D eigenvalue weighted by molar-refractivity contribution is 7.92. The first-order chi connectivity index (χ1) is 13.3. The number of halogens is 2. The molecule has 0 bridgehead atoms. The second-order valence-corrected chi connectivity index (χ2v) is 8.41. The maximum atomic E-state index is 14.4. The third kappa shape index (κ3) is 3.98. The number of rotatable bonds is 6. The van der Waals surface area contributed by atoms with Gasteiger partial charge in [0.1, 0.15) is 11.6 Å². The fourth-order valence-electron chi connectivity index (χ4n) is 2.98. The van der Waals surface area contributed by atoms with Crippen molar-refractivity contribution in [2.24, 2.45) is 0 Å². The number of hydrogen-bond donors (Lipinski definition) is 0. The lowest BCUT2D eigenvalue weighted by molar-refractivity contribution is 0.415. The highest BCUT2D eigenvalue weighted by Gasteiger charge is 2.31. The molecule has 4 nitrogen and oxygen atoms in total. The van der Waals surface area contributed by atoms with Gasteiger partial charge >= 0.3 is 0 Å². The molecule has 0 aliphatic heterocycles. The molecule has 3 aromatic rings. The predicted molar refractivity (Wildman–Crippen MR) is 109 cm³/mol. The van der Waals surface area contributed by atoms with E-state index in [1.807, 2.05) is 0 Å². The van der Waals surface area contributed by atoms with Gasteiger partial charge in [-0.25, -0.2) is 12.8 Å². The van der Waals surface area contributed by atoms with Gasteiger partial charge in [0.25, 0.3) is 10.0 Å². The van der Waals surface area contributed by atoms with Crippen molar-refractivity contribution in [1.29, 1.82) is 0 Å². The molecule has 1 unspecified atom stereocenters. The average Bonchev–Trinajstić information content (AvgIpc) is 2.68. The highest BCUT2D eigenvalue weighted by Crippen LogP contribution is 2.35. The van der Waals surface area contributed by atoms with Crippen LogP contribution in [0.1, 0.15) is 18.5 Å². The van der Waals surface area contributed by atoms with Crippen molar-refractivity contribution < 1.29 is 17.5 Å². The van der Waals surface area contributed by atoms with Gasteiger partial charge in [-0.2, -0.15) is 0 Å². The third-order valence-corrected chi connectivity index (χ3v) is 6.55. The predicted octanol–water partition coefficient (Wildman–Crippen LogP) is 5.44. The van der Waals surface area contributed by atoms with Crippen LogP contribution < -0.4 is 9.04 Å². The maximum Gasteiger partial charge on any atom is 0.264 e. The minimum absolute atomic E-state index is 0.0582. The number of ether oxygens (including phenoxy) is 1. The molecule has 0 aromatic heterocycles. The fourth-order valence-corrected chi connectivity index (χ4v) is 4.73. The summed E-state index contributed by atoms with van der Waals surface area (Å²) in [7, 11) is -2.51. The quantitative estimate of drug-likeness (QED) is 0.534. The molecule has 28 heavy (non-hydrogen) atoms. The van der Waals surface area contributed by atoms with Gasteiger partial charge in [-0.3, -0.25) is 4.31 Å². The van der Waals surface area contributed by atoms with Gasteiger partial charge < -0.3 is 4.74 Å².